The lowest BCUT2D eigenvalue weighted by molar-refractivity contribution is 0.215. The summed E-state index contributed by atoms with van der Waals surface area (Å²) in [7, 11) is 3.49. The van der Waals surface area contributed by atoms with E-state index >= 15 is 0 Å². The maximum Gasteiger partial charge on any atom is 0.123 e. The zero-order valence-corrected chi connectivity index (χ0v) is 9.29. The molecule has 0 aliphatic heterocycles. The third kappa shape index (κ3) is 2.06. The molecule has 1 N–H and O–H groups in total. The predicted octanol–water partition coefficient (Wildman–Crippen LogP) is 1.51. The van der Waals surface area contributed by atoms with E-state index in [1.165, 1.54) is 0 Å². The Morgan fingerprint density at radius 1 is 1.31 bits per heavy atom. The number of benzene rings is 1. The summed E-state index contributed by atoms with van der Waals surface area (Å²) in [5, 5.41) is 10.1. The molecule has 0 radical (unpaired) electrons. The Balaban J connectivity index is 2.23. The van der Waals surface area contributed by atoms with Gasteiger partial charge in [0.15, 0.2) is 0 Å². The largest absolute Gasteiger partial charge is 0.497 e. The summed E-state index contributed by atoms with van der Waals surface area (Å²) in [6, 6.07) is 7.30. The Labute approximate surface area is 94.1 Å². The molecule has 1 unspecified atom stereocenters. The molecule has 4 nitrogen and oxygen atoms in total. The lowest BCUT2D eigenvalue weighted by Crippen LogP contribution is -1.99. The highest BCUT2D eigenvalue weighted by molar-refractivity contribution is 5.31. The van der Waals surface area contributed by atoms with Crippen molar-refractivity contribution in [1.82, 2.24) is 9.55 Å². The number of hydrogen-bond acceptors (Lipinski definition) is 3. The van der Waals surface area contributed by atoms with Crippen LogP contribution >= 0.6 is 0 Å². The van der Waals surface area contributed by atoms with Crippen molar-refractivity contribution >= 4 is 0 Å². The predicted molar refractivity (Wildman–Crippen MR) is 60.3 cm³/mol. The summed E-state index contributed by atoms with van der Waals surface area (Å²) < 4.78 is 6.86. The standard InChI is InChI=1S/C12H14N2O2/c1-14-7-11(13-8-14)12(15)9-3-5-10(16-2)6-4-9/h3-8,12,15H,1-2H3. The van der Waals surface area contributed by atoms with Crippen LogP contribution in [0.1, 0.15) is 17.4 Å². The molecule has 1 atom stereocenters. The van der Waals surface area contributed by atoms with Gasteiger partial charge in [-0.1, -0.05) is 12.1 Å². The van der Waals surface area contributed by atoms with Crippen LogP contribution in [0.4, 0.5) is 0 Å². The van der Waals surface area contributed by atoms with Crippen LogP contribution in [0.2, 0.25) is 0 Å². The Morgan fingerprint density at radius 2 is 2.00 bits per heavy atom. The molecule has 0 spiro atoms. The Morgan fingerprint density at radius 3 is 2.50 bits per heavy atom. The van der Waals surface area contributed by atoms with E-state index < -0.39 is 6.10 Å². The summed E-state index contributed by atoms with van der Waals surface area (Å²) in [4.78, 5) is 4.12. The molecular weight excluding hydrogens is 204 g/mol. The SMILES string of the molecule is COc1ccc(C(O)c2cn(C)cn2)cc1. The highest BCUT2D eigenvalue weighted by atomic mass is 16.5. The molecule has 2 aromatic rings. The van der Waals surface area contributed by atoms with E-state index in [9.17, 15) is 5.11 Å². The van der Waals surface area contributed by atoms with Gasteiger partial charge in [0.05, 0.1) is 19.1 Å². The van der Waals surface area contributed by atoms with Crippen LogP contribution in [0.25, 0.3) is 0 Å². The normalized spacial score (nSPS) is 12.4. The molecule has 0 bridgehead atoms. The van der Waals surface area contributed by atoms with Gasteiger partial charge in [0.25, 0.3) is 0 Å². The van der Waals surface area contributed by atoms with Crippen LogP contribution in [0.15, 0.2) is 36.8 Å². The van der Waals surface area contributed by atoms with Gasteiger partial charge in [-0.2, -0.15) is 0 Å². The van der Waals surface area contributed by atoms with Gasteiger partial charge in [0.2, 0.25) is 0 Å². The van der Waals surface area contributed by atoms with Crippen LogP contribution in [0, 0.1) is 0 Å². The quantitative estimate of drug-likeness (QED) is 0.849. The van der Waals surface area contributed by atoms with E-state index in [0.29, 0.717) is 5.69 Å². The number of hydrogen-bond donors (Lipinski definition) is 1. The Bertz CT molecular complexity index is 462. The number of aryl methyl sites for hydroxylation is 1. The monoisotopic (exact) mass is 218 g/mol. The van der Waals surface area contributed by atoms with E-state index in [1.54, 1.807) is 19.6 Å². The smallest absolute Gasteiger partial charge is 0.123 e. The first-order valence-electron chi connectivity index (χ1n) is 5.00. The molecule has 16 heavy (non-hydrogen) atoms. The van der Waals surface area contributed by atoms with Gasteiger partial charge >= 0.3 is 0 Å². The molecule has 0 saturated heterocycles. The Kier molecular flexibility index (Phi) is 2.92. The van der Waals surface area contributed by atoms with Crippen molar-refractivity contribution < 1.29 is 9.84 Å². The molecule has 4 heteroatoms. The van der Waals surface area contributed by atoms with Gasteiger partial charge in [-0.05, 0) is 17.7 Å². The zero-order valence-electron chi connectivity index (χ0n) is 9.29. The van der Waals surface area contributed by atoms with Crippen molar-refractivity contribution in [3.8, 4) is 5.75 Å². The molecule has 0 fully saturated rings. The van der Waals surface area contributed by atoms with E-state index in [4.69, 9.17) is 4.74 Å². The fourth-order valence-corrected chi connectivity index (χ4v) is 1.53. The second kappa shape index (κ2) is 4.37. The molecule has 1 aromatic carbocycles. The first-order chi connectivity index (χ1) is 7.70. The minimum absolute atomic E-state index is 0.646. The maximum atomic E-state index is 10.1. The average Bonchev–Trinajstić information content (AvgIpc) is 2.75. The van der Waals surface area contributed by atoms with E-state index in [2.05, 4.69) is 4.98 Å². The molecule has 0 saturated carbocycles. The third-order valence-electron chi connectivity index (χ3n) is 2.44. The van der Waals surface area contributed by atoms with Crippen LogP contribution in [-0.2, 0) is 7.05 Å². The number of aliphatic hydroxyl groups is 1. The molecule has 84 valence electrons. The number of ether oxygens (including phenoxy) is 1. The fourth-order valence-electron chi connectivity index (χ4n) is 1.53. The Hall–Kier alpha value is -1.81. The minimum atomic E-state index is -0.688. The molecule has 0 aliphatic carbocycles. The summed E-state index contributed by atoms with van der Waals surface area (Å²) in [6.07, 6.45) is 2.78. The molecular formula is C12H14N2O2. The topological polar surface area (TPSA) is 47.3 Å². The zero-order chi connectivity index (χ0) is 11.5. The van der Waals surface area contributed by atoms with Crippen LogP contribution in [-0.4, -0.2) is 21.8 Å². The van der Waals surface area contributed by atoms with Gasteiger partial charge in [-0.15, -0.1) is 0 Å². The number of methoxy groups -OCH3 is 1. The summed E-state index contributed by atoms with van der Waals surface area (Å²) in [5.74, 6) is 0.775. The molecule has 2 rings (SSSR count). The van der Waals surface area contributed by atoms with Crippen molar-refractivity contribution in [3.63, 3.8) is 0 Å². The molecule has 0 amide bonds. The average molecular weight is 218 g/mol. The van der Waals surface area contributed by atoms with Gasteiger partial charge < -0.3 is 14.4 Å². The van der Waals surface area contributed by atoms with Crippen LogP contribution in [0.3, 0.4) is 0 Å². The van der Waals surface area contributed by atoms with Crippen LogP contribution < -0.4 is 4.74 Å². The fraction of sp³-hybridized carbons (Fsp3) is 0.250. The highest BCUT2D eigenvalue weighted by Gasteiger charge is 2.12. The number of aliphatic hydroxyl groups excluding tert-OH is 1. The van der Waals surface area contributed by atoms with Crippen molar-refractivity contribution in [3.05, 3.63) is 48.0 Å². The summed E-state index contributed by atoms with van der Waals surface area (Å²) in [5.41, 5.74) is 1.45. The molecule has 0 aliphatic rings. The molecule has 1 aromatic heterocycles. The second-order valence-corrected chi connectivity index (χ2v) is 3.64. The van der Waals surface area contributed by atoms with E-state index in [0.717, 1.165) is 11.3 Å². The van der Waals surface area contributed by atoms with E-state index in [-0.39, 0.29) is 0 Å². The first-order valence-corrected chi connectivity index (χ1v) is 5.00. The number of nitrogens with zero attached hydrogens (tertiary/aromatic N) is 2. The van der Waals surface area contributed by atoms with Crippen molar-refractivity contribution in [2.75, 3.05) is 7.11 Å². The van der Waals surface area contributed by atoms with E-state index in [1.807, 2.05) is 35.9 Å². The number of imidazole rings is 1. The van der Waals surface area contributed by atoms with Crippen molar-refractivity contribution in [2.45, 2.75) is 6.10 Å². The number of aromatic nitrogens is 2. The van der Waals surface area contributed by atoms with Gasteiger partial charge in [-0.3, -0.25) is 0 Å². The maximum absolute atomic E-state index is 10.1. The lowest BCUT2D eigenvalue weighted by atomic mass is 10.1. The molecule has 1 heterocycles. The van der Waals surface area contributed by atoms with Crippen LogP contribution in [0.5, 0.6) is 5.75 Å². The van der Waals surface area contributed by atoms with Crippen molar-refractivity contribution in [1.29, 1.82) is 0 Å². The highest BCUT2D eigenvalue weighted by Crippen LogP contribution is 2.22. The summed E-state index contributed by atoms with van der Waals surface area (Å²) in [6.45, 7) is 0. The second-order valence-electron chi connectivity index (χ2n) is 3.64. The lowest BCUT2D eigenvalue weighted by Gasteiger charge is -2.08. The summed E-state index contributed by atoms with van der Waals surface area (Å²) >= 11 is 0. The van der Waals surface area contributed by atoms with Crippen molar-refractivity contribution in [2.24, 2.45) is 7.05 Å². The minimum Gasteiger partial charge on any atom is -0.497 e. The number of rotatable bonds is 3. The first kappa shape index (κ1) is 10.7. The van der Waals surface area contributed by atoms with Gasteiger partial charge in [0.1, 0.15) is 11.9 Å². The van der Waals surface area contributed by atoms with Gasteiger partial charge in [0, 0.05) is 13.2 Å². The third-order valence-corrected chi connectivity index (χ3v) is 2.44. The van der Waals surface area contributed by atoms with Gasteiger partial charge in [-0.25, -0.2) is 4.98 Å².